The molecule has 5 aromatic rings. The Balaban J connectivity index is 1.35. The van der Waals surface area contributed by atoms with Gasteiger partial charge < -0.3 is 15.2 Å². The summed E-state index contributed by atoms with van der Waals surface area (Å²) < 4.78 is 32.5. The van der Waals surface area contributed by atoms with E-state index in [0.717, 1.165) is 68.7 Å². The Morgan fingerprint density at radius 3 is 2.17 bits per heavy atom. The summed E-state index contributed by atoms with van der Waals surface area (Å²) in [6.45, 7) is 5.33. The van der Waals surface area contributed by atoms with Crippen LogP contribution in [0.4, 0.5) is 11.4 Å². The lowest BCUT2D eigenvalue weighted by molar-refractivity contribution is 0.312. The average molecular weight is 650 g/mol. The molecule has 2 fully saturated rings. The summed E-state index contributed by atoms with van der Waals surface area (Å²) in [5.74, 6) is 0.757. The molecule has 240 valence electrons. The van der Waals surface area contributed by atoms with Crippen molar-refractivity contribution in [2.24, 2.45) is 0 Å². The van der Waals surface area contributed by atoms with Gasteiger partial charge in [0.05, 0.1) is 34.3 Å². The van der Waals surface area contributed by atoms with Crippen LogP contribution in [0.15, 0.2) is 70.7 Å². The van der Waals surface area contributed by atoms with Crippen LogP contribution in [0.25, 0.3) is 21.9 Å². The smallest absolute Gasteiger partial charge is 0.223 e. The van der Waals surface area contributed by atoms with Crippen molar-refractivity contribution < 1.29 is 18.3 Å². The molecular weight excluding hydrogens is 614 g/mol. The van der Waals surface area contributed by atoms with Gasteiger partial charge in [0.25, 0.3) is 0 Å². The van der Waals surface area contributed by atoms with Crippen molar-refractivity contribution in [2.45, 2.75) is 48.7 Å². The molecule has 2 aliphatic heterocycles. The van der Waals surface area contributed by atoms with E-state index in [1.165, 1.54) is 30.5 Å². The third-order valence-corrected chi connectivity index (χ3v) is 10.6. The molecule has 0 amide bonds. The highest BCUT2D eigenvalue weighted by Crippen LogP contribution is 2.38. The number of ether oxygens (including phenoxy) is 1. The van der Waals surface area contributed by atoms with Crippen molar-refractivity contribution in [3.05, 3.63) is 77.5 Å². The van der Waals surface area contributed by atoms with Gasteiger partial charge in [0.1, 0.15) is 17.3 Å². The molecule has 2 N–H and O–H groups in total. The molecule has 2 aliphatic rings. The number of hydrogen-bond acceptors (Lipinski definition) is 11. The third kappa shape index (κ3) is 6.17. The van der Waals surface area contributed by atoms with Crippen molar-refractivity contribution in [2.75, 3.05) is 38.6 Å². The fraction of sp³-hybridized carbons (Fsp3) is 0.314. The maximum absolute atomic E-state index is 13.5. The summed E-state index contributed by atoms with van der Waals surface area (Å²) in [6.07, 6.45) is 5.86. The van der Waals surface area contributed by atoms with E-state index < -0.39 is 9.84 Å². The van der Waals surface area contributed by atoms with Gasteiger partial charge >= 0.3 is 0 Å². The number of phenolic OH excluding ortho intramolecular Hbond substituents is 1. The predicted octanol–water partition coefficient (Wildman–Crippen LogP) is 5.53. The minimum atomic E-state index is -3.98. The molecule has 2 saturated heterocycles. The van der Waals surface area contributed by atoms with Gasteiger partial charge in [-0.05, 0) is 100 Å². The molecule has 12 heteroatoms. The van der Waals surface area contributed by atoms with E-state index in [1.807, 2.05) is 18.2 Å². The zero-order valence-corrected chi connectivity index (χ0v) is 26.9. The lowest BCUT2D eigenvalue weighted by Crippen LogP contribution is -2.20. The maximum Gasteiger partial charge on any atom is 0.223 e. The molecule has 0 radical (unpaired) electrons. The van der Waals surface area contributed by atoms with Crippen LogP contribution in [0.2, 0.25) is 0 Å². The van der Waals surface area contributed by atoms with Gasteiger partial charge in [-0.1, -0.05) is 0 Å². The molecule has 0 saturated carbocycles. The van der Waals surface area contributed by atoms with Gasteiger partial charge in [-0.2, -0.15) is 5.26 Å². The fourth-order valence-electron chi connectivity index (χ4n) is 6.50. The first-order chi connectivity index (χ1) is 22.8. The van der Waals surface area contributed by atoms with E-state index >= 15 is 0 Å². The Hall–Kier alpha value is -4.83. The third-order valence-electron chi connectivity index (χ3n) is 8.95. The van der Waals surface area contributed by atoms with Crippen LogP contribution in [0.5, 0.6) is 11.6 Å². The summed E-state index contributed by atoms with van der Waals surface area (Å²) in [5.41, 5.74) is 5.02. The number of aromatic nitrogens is 3. The van der Waals surface area contributed by atoms with Gasteiger partial charge in [0.2, 0.25) is 15.7 Å². The Bertz CT molecular complexity index is 2080. The van der Waals surface area contributed by atoms with Crippen LogP contribution in [0, 0.1) is 11.3 Å². The van der Waals surface area contributed by atoms with E-state index in [2.05, 4.69) is 20.1 Å². The summed E-state index contributed by atoms with van der Waals surface area (Å²) in [7, 11) is -2.43. The van der Waals surface area contributed by atoms with Gasteiger partial charge in [-0.3, -0.25) is 9.80 Å². The highest BCUT2D eigenvalue weighted by molar-refractivity contribution is 7.91. The highest BCUT2D eigenvalue weighted by Gasteiger charge is 2.23. The average Bonchev–Trinajstić information content (AvgIpc) is 3.81. The second kappa shape index (κ2) is 12.8. The Labute approximate surface area is 273 Å². The number of anilines is 2. The Kier molecular flexibility index (Phi) is 8.36. The Morgan fingerprint density at radius 1 is 0.894 bits per heavy atom. The first kappa shape index (κ1) is 30.8. The zero-order valence-electron chi connectivity index (χ0n) is 26.1. The number of fused-ring (bicyclic) bond motifs is 2. The lowest BCUT2D eigenvalue weighted by Gasteiger charge is -2.22. The number of likely N-dealkylation sites (tertiary alicyclic amines) is 2. The van der Waals surface area contributed by atoms with Crippen LogP contribution in [0.1, 0.15) is 42.4 Å². The number of hydrogen-bond donors (Lipinski definition) is 2. The second-order valence-corrected chi connectivity index (χ2v) is 14.0. The summed E-state index contributed by atoms with van der Waals surface area (Å²) >= 11 is 0. The molecule has 2 aromatic carbocycles. The number of rotatable bonds is 9. The van der Waals surface area contributed by atoms with Crippen LogP contribution >= 0.6 is 0 Å². The number of methoxy groups -OCH3 is 1. The number of benzene rings is 2. The molecule has 7 rings (SSSR count). The zero-order chi connectivity index (χ0) is 32.5. The van der Waals surface area contributed by atoms with Gasteiger partial charge in [0.15, 0.2) is 5.03 Å². The van der Waals surface area contributed by atoms with Gasteiger partial charge in [-0.25, -0.2) is 23.4 Å². The molecule has 0 bridgehead atoms. The number of sulfone groups is 1. The Morgan fingerprint density at radius 2 is 1.57 bits per heavy atom. The van der Waals surface area contributed by atoms with E-state index in [-0.39, 0.29) is 15.5 Å². The number of nitrogens with one attached hydrogen (secondary N) is 1. The van der Waals surface area contributed by atoms with E-state index in [1.54, 1.807) is 25.3 Å². The van der Waals surface area contributed by atoms with E-state index in [9.17, 15) is 13.5 Å². The molecule has 0 aliphatic carbocycles. The van der Waals surface area contributed by atoms with Gasteiger partial charge in [0, 0.05) is 47.6 Å². The summed E-state index contributed by atoms with van der Waals surface area (Å²) in [6, 6.07) is 17.0. The van der Waals surface area contributed by atoms with Crippen molar-refractivity contribution in [1.29, 1.82) is 5.26 Å². The number of nitriles is 1. The molecule has 0 atom stereocenters. The van der Waals surface area contributed by atoms with Crippen LogP contribution in [0.3, 0.4) is 0 Å². The molecule has 0 spiro atoms. The SMILES string of the molecule is COc1ccc2nc3cc(S(=O)(=O)c4ccc(C#N)cn4)ccc3c(Nc3cc(CN4CCCC4)c(O)c(CN4CCCC4)c3)c2n1. The number of nitrogens with zero attached hydrogens (tertiary/aromatic N) is 6. The highest BCUT2D eigenvalue weighted by atomic mass is 32.2. The monoisotopic (exact) mass is 649 g/mol. The largest absolute Gasteiger partial charge is 0.507 e. The summed E-state index contributed by atoms with van der Waals surface area (Å²) in [4.78, 5) is 18.3. The minimum absolute atomic E-state index is 0.0342. The van der Waals surface area contributed by atoms with Crippen molar-refractivity contribution in [3.8, 4) is 17.7 Å². The van der Waals surface area contributed by atoms with E-state index in [4.69, 9.17) is 20.0 Å². The standard InChI is InChI=1S/C35H35N7O4S/c1-46-31-10-9-29-34(40-31)33(28-8-7-27(18-30(28)39-29)47(44,45)32-11-6-23(19-36)20-37-32)38-26-16-24(21-41-12-2-3-13-41)35(43)25(17-26)22-42-14-4-5-15-42/h6-11,16-18,20,43H,2-5,12-15,21-22H2,1H3,(H,38,39). The second-order valence-electron chi connectivity index (χ2n) is 12.1. The van der Waals surface area contributed by atoms with Gasteiger partial charge in [-0.15, -0.1) is 0 Å². The maximum atomic E-state index is 13.5. The van der Waals surface area contributed by atoms with Crippen LogP contribution in [-0.2, 0) is 22.9 Å². The first-order valence-corrected chi connectivity index (χ1v) is 17.3. The van der Waals surface area contributed by atoms with E-state index in [0.29, 0.717) is 52.3 Å². The molecule has 0 unspecified atom stereocenters. The fourth-order valence-corrected chi connectivity index (χ4v) is 7.69. The molecule has 47 heavy (non-hydrogen) atoms. The minimum Gasteiger partial charge on any atom is -0.507 e. The topological polar surface area (TPSA) is 145 Å². The summed E-state index contributed by atoms with van der Waals surface area (Å²) in [5, 5.41) is 24.7. The lowest BCUT2D eigenvalue weighted by atomic mass is 10.0. The van der Waals surface area contributed by atoms with Crippen molar-refractivity contribution in [1.82, 2.24) is 24.8 Å². The quantitative estimate of drug-likeness (QED) is 0.154. The molecular formula is C35H35N7O4S. The molecule has 11 nitrogen and oxygen atoms in total. The van der Waals surface area contributed by atoms with Crippen LogP contribution < -0.4 is 10.1 Å². The first-order valence-electron chi connectivity index (χ1n) is 15.8. The molecule has 3 aromatic heterocycles. The van der Waals surface area contributed by atoms with Crippen molar-refractivity contribution >= 4 is 43.1 Å². The molecule has 5 heterocycles. The predicted molar refractivity (Wildman–Crippen MR) is 178 cm³/mol. The number of pyridine rings is 3. The number of aromatic hydroxyl groups is 1. The normalized spacial score (nSPS) is 15.7. The van der Waals surface area contributed by atoms with Crippen LogP contribution in [-0.4, -0.2) is 71.6 Å². The number of phenols is 1. The van der Waals surface area contributed by atoms with Crippen molar-refractivity contribution in [3.63, 3.8) is 0 Å².